The quantitative estimate of drug-likeness (QED) is 0.571. The summed E-state index contributed by atoms with van der Waals surface area (Å²) in [5.41, 5.74) is 1.65. The molecular formula is C19H27BrN4O3. The van der Waals surface area contributed by atoms with Crippen LogP contribution >= 0.6 is 15.9 Å². The molecule has 2 rings (SSSR count). The van der Waals surface area contributed by atoms with E-state index in [-0.39, 0.29) is 24.4 Å². The highest BCUT2D eigenvalue weighted by atomic mass is 79.9. The van der Waals surface area contributed by atoms with Gasteiger partial charge in [-0.2, -0.15) is 0 Å². The van der Waals surface area contributed by atoms with E-state index < -0.39 is 0 Å². The summed E-state index contributed by atoms with van der Waals surface area (Å²) in [7, 11) is 0. The van der Waals surface area contributed by atoms with Crippen molar-refractivity contribution >= 4 is 39.5 Å². The molecule has 8 heteroatoms. The molecule has 27 heavy (non-hydrogen) atoms. The highest BCUT2D eigenvalue weighted by molar-refractivity contribution is 9.10. The first kappa shape index (κ1) is 21.2. The van der Waals surface area contributed by atoms with Crippen LogP contribution in [-0.4, -0.2) is 48.9 Å². The van der Waals surface area contributed by atoms with Gasteiger partial charge in [0.15, 0.2) is 0 Å². The van der Waals surface area contributed by atoms with Crippen LogP contribution in [-0.2, 0) is 9.59 Å². The average molecular weight is 439 g/mol. The molecule has 7 nitrogen and oxygen atoms in total. The number of carbonyl (C=O) groups is 3. The van der Waals surface area contributed by atoms with E-state index >= 15 is 0 Å². The molecule has 0 spiro atoms. The van der Waals surface area contributed by atoms with Gasteiger partial charge in [-0.1, -0.05) is 22.4 Å². The minimum atomic E-state index is -0.389. The Hall–Kier alpha value is -2.09. The van der Waals surface area contributed by atoms with Crippen molar-refractivity contribution in [1.29, 1.82) is 0 Å². The molecule has 0 radical (unpaired) electrons. The molecule has 1 heterocycles. The zero-order chi connectivity index (χ0) is 19.6. The Morgan fingerprint density at radius 3 is 2.78 bits per heavy atom. The van der Waals surface area contributed by atoms with E-state index in [0.29, 0.717) is 31.6 Å². The molecule has 1 aliphatic rings. The summed E-state index contributed by atoms with van der Waals surface area (Å²) in [6, 6.07) is 5.17. The first-order chi connectivity index (χ1) is 13.0. The van der Waals surface area contributed by atoms with E-state index in [9.17, 15) is 14.4 Å². The number of rotatable bonds is 7. The predicted octanol–water partition coefficient (Wildman–Crippen LogP) is 2.79. The number of amides is 4. The summed E-state index contributed by atoms with van der Waals surface area (Å²) < 4.78 is 0.942. The summed E-state index contributed by atoms with van der Waals surface area (Å²) in [5.74, 6) is -0.0809. The van der Waals surface area contributed by atoms with Gasteiger partial charge in [-0.25, -0.2) is 4.79 Å². The number of likely N-dealkylation sites (tertiary alicyclic amines) is 1. The number of carbonyl (C=O) groups excluding carboxylic acids is 3. The third kappa shape index (κ3) is 7.58. The van der Waals surface area contributed by atoms with Crippen molar-refractivity contribution in [2.45, 2.75) is 39.0 Å². The second-order valence-electron chi connectivity index (χ2n) is 6.66. The largest absolute Gasteiger partial charge is 0.343 e. The molecule has 0 aromatic heterocycles. The van der Waals surface area contributed by atoms with Gasteiger partial charge in [0.25, 0.3) is 0 Å². The fraction of sp³-hybridized carbons (Fsp3) is 0.526. The fourth-order valence-electron chi connectivity index (χ4n) is 2.93. The maximum atomic E-state index is 11.9. The lowest BCUT2D eigenvalue weighted by Gasteiger charge is -2.20. The average Bonchev–Trinajstić information content (AvgIpc) is 2.83. The minimum absolute atomic E-state index is 0.105. The smallest absolute Gasteiger partial charge is 0.315 e. The molecule has 0 atom stereocenters. The van der Waals surface area contributed by atoms with Crippen LogP contribution in [0.5, 0.6) is 0 Å². The molecule has 1 saturated heterocycles. The van der Waals surface area contributed by atoms with Crippen molar-refractivity contribution in [1.82, 2.24) is 15.5 Å². The van der Waals surface area contributed by atoms with Gasteiger partial charge in [0.05, 0.1) is 6.54 Å². The number of aryl methyl sites for hydroxylation is 1. The maximum Gasteiger partial charge on any atom is 0.315 e. The van der Waals surface area contributed by atoms with Crippen molar-refractivity contribution in [2.75, 3.05) is 31.5 Å². The number of halogens is 1. The molecule has 1 aliphatic heterocycles. The fourth-order valence-corrected chi connectivity index (χ4v) is 3.41. The first-order valence-electron chi connectivity index (χ1n) is 9.31. The molecule has 3 N–H and O–H groups in total. The van der Waals surface area contributed by atoms with E-state index in [4.69, 9.17) is 0 Å². The molecule has 1 aromatic carbocycles. The Morgan fingerprint density at radius 1 is 1.19 bits per heavy atom. The standard InChI is InChI=1S/C19H27BrN4O3/c1-14-12-15(20)7-8-16(14)23-17(25)13-22-19(27)21-9-5-11-24-10-4-2-3-6-18(24)26/h7-8,12H,2-6,9-11,13H2,1H3,(H,23,25)(H2,21,22,27). The zero-order valence-electron chi connectivity index (χ0n) is 15.6. The predicted molar refractivity (Wildman–Crippen MR) is 109 cm³/mol. The normalized spacial score (nSPS) is 14.4. The van der Waals surface area contributed by atoms with E-state index in [2.05, 4.69) is 31.9 Å². The lowest BCUT2D eigenvalue weighted by Crippen LogP contribution is -2.41. The van der Waals surface area contributed by atoms with Crippen molar-refractivity contribution in [3.05, 3.63) is 28.2 Å². The number of benzene rings is 1. The lowest BCUT2D eigenvalue weighted by atomic mass is 10.2. The van der Waals surface area contributed by atoms with E-state index in [1.807, 2.05) is 30.0 Å². The molecule has 1 fully saturated rings. The second-order valence-corrected chi connectivity index (χ2v) is 7.58. The van der Waals surface area contributed by atoms with Gasteiger partial charge in [-0.15, -0.1) is 0 Å². The summed E-state index contributed by atoms with van der Waals surface area (Å²) >= 11 is 3.38. The monoisotopic (exact) mass is 438 g/mol. The summed E-state index contributed by atoms with van der Waals surface area (Å²) in [4.78, 5) is 37.5. The number of nitrogens with one attached hydrogen (secondary N) is 3. The highest BCUT2D eigenvalue weighted by Gasteiger charge is 2.15. The Labute approximate surface area is 168 Å². The van der Waals surface area contributed by atoms with Crippen LogP contribution in [0.15, 0.2) is 22.7 Å². The Bertz CT molecular complexity index is 681. The van der Waals surface area contributed by atoms with E-state index in [1.54, 1.807) is 0 Å². The summed E-state index contributed by atoms with van der Waals surface area (Å²) in [6.07, 6.45) is 4.44. The van der Waals surface area contributed by atoms with Crippen molar-refractivity contribution in [2.24, 2.45) is 0 Å². The van der Waals surface area contributed by atoms with Gasteiger partial charge in [-0.3, -0.25) is 9.59 Å². The maximum absolute atomic E-state index is 11.9. The van der Waals surface area contributed by atoms with Crippen LogP contribution in [0.1, 0.15) is 37.7 Å². The molecule has 1 aromatic rings. The van der Waals surface area contributed by atoms with Gasteiger partial charge < -0.3 is 20.9 Å². The molecular weight excluding hydrogens is 412 g/mol. The summed E-state index contributed by atoms with van der Waals surface area (Å²) in [5, 5.41) is 8.02. The van der Waals surface area contributed by atoms with Crippen molar-refractivity contribution in [3.63, 3.8) is 0 Å². The Kier molecular flexibility index (Phi) is 8.57. The number of hydrogen-bond acceptors (Lipinski definition) is 3. The second kappa shape index (κ2) is 10.9. The van der Waals surface area contributed by atoms with E-state index in [1.165, 1.54) is 0 Å². The molecule has 4 amide bonds. The number of urea groups is 1. The van der Waals surface area contributed by atoms with Crippen molar-refractivity contribution < 1.29 is 14.4 Å². The number of anilines is 1. The van der Waals surface area contributed by atoms with Gasteiger partial charge in [0.1, 0.15) is 0 Å². The van der Waals surface area contributed by atoms with Crippen LogP contribution in [0.25, 0.3) is 0 Å². The van der Waals surface area contributed by atoms with Crippen LogP contribution in [0.4, 0.5) is 10.5 Å². The van der Waals surface area contributed by atoms with Gasteiger partial charge >= 0.3 is 6.03 Å². The molecule has 0 unspecified atom stereocenters. The highest BCUT2D eigenvalue weighted by Crippen LogP contribution is 2.19. The van der Waals surface area contributed by atoms with Crippen LogP contribution < -0.4 is 16.0 Å². The minimum Gasteiger partial charge on any atom is -0.343 e. The van der Waals surface area contributed by atoms with Crippen LogP contribution in [0, 0.1) is 6.92 Å². The zero-order valence-corrected chi connectivity index (χ0v) is 17.2. The SMILES string of the molecule is Cc1cc(Br)ccc1NC(=O)CNC(=O)NCCCN1CCCCCC1=O. The topological polar surface area (TPSA) is 90.5 Å². The first-order valence-corrected chi connectivity index (χ1v) is 10.1. The molecule has 148 valence electrons. The third-order valence-electron chi connectivity index (χ3n) is 4.43. The van der Waals surface area contributed by atoms with Crippen LogP contribution in [0.3, 0.4) is 0 Å². The van der Waals surface area contributed by atoms with E-state index in [0.717, 1.165) is 35.8 Å². The van der Waals surface area contributed by atoms with Gasteiger partial charge in [-0.05, 0) is 49.9 Å². The Morgan fingerprint density at radius 2 is 2.00 bits per heavy atom. The molecule has 0 saturated carbocycles. The summed E-state index contributed by atoms with van der Waals surface area (Å²) in [6.45, 7) is 3.72. The van der Waals surface area contributed by atoms with Gasteiger partial charge in [0.2, 0.25) is 11.8 Å². The van der Waals surface area contributed by atoms with Crippen LogP contribution in [0.2, 0.25) is 0 Å². The third-order valence-corrected chi connectivity index (χ3v) is 4.93. The molecule has 0 aliphatic carbocycles. The van der Waals surface area contributed by atoms with Gasteiger partial charge in [0, 0.05) is 36.2 Å². The van der Waals surface area contributed by atoms with Crippen molar-refractivity contribution in [3.8, 4) is 0 Å². The number of hydrogen-bond donors (Lipinski definition) is 3. The molecule has 0 bridgehead atoms. The lowest BCUT2D eigenvalue weighted by molar-refractivity contribution is -0.130. The Balaban J connectivity index is 1.61. The number of nitrogens with zero attached hydrogens (tertiary/aromatic N) is 1.